The number of hydrogen-bond acceptors (Lipinski definition) is 5. The molecule has 0 amide bonds. The van der Waals surface area contributed by atoms with Crippen LogP contribution in [0.5, 0.6) is 0 Å². The van der Waals surface area contributed by atoms with E-state index in [1.54, 1.807) is 0 Å². The first kappa shape index (κ1) is 14.9. The molecule has 0 saturated heterocycles. The molecule has 1 heterocycles. The van der Waals surface area contributed by atoms with Gasteiger partial charge in [0.05, 0.1) is 31.1 Å². The summed E-state index contributed by atoms with van der Waals surface area (Å²) in [6.07, 6.45) is 3.24. The topological polar surface area (TPSA) is 87.4 Å². The largest absolute Gasteiger partial charge is 0.394 e. The molecule has 0 radical (unpaired) electrons. The van der Waals surface area contributed by atoms with E-state index in [0.717, 1.165) is 12.8 Å². The Morgan fingerprint density at radius 3 is 2.72 bits per heavy atom. The Morgan fingerprint density at radius 1 is 1.50 bits per heavy atom. The SMILES string of the molecule is CCCCn1ncc(NC(CO)CO)c(Cl)c1=O. The van der Waals surface area contributed by atoms with Crippen LogP contribution in [0.4, 0.5) is 5.69 Å². The third kappa shape index (κ3) is 3.69. The normalized spacial score (nSPS) is 10.9. The van der Waals surface area contributed by atoms with E-state index in [1.165, 1.54) is 10.9 Å². The van der Waals surface area contributed by atoms with Crippen LogP contribution in [0.3, 0.4) is 0 Å². The highest BCUT2D eigenvalue weighted by Gasteiger charge is 2.12. The van der Waals surface area contributed by atoms with Gasteiger partial charge in [-0.25, -0.2) is 4.68 Å². The van der Waals surface area contributed by atoms with Gasteiger partial charge in [0.25, 0.3) is 5.56 Å². The number of aryl methyl sites for hydroxylation is 1. The van der Waals surface area contributed by atoms with Gasteiger partial charge in [0.15, 0.2) is 0 Å². The molecule has 0 atom stereocenters. The van der Waals surface area contributed by atoms with Crippen LogP contribution in [-0.4, -0.2) is 39.2 Å². The summed E-state index contributed by atoms with van der Waals surface area (Å²) in [5, 5.41) is 24.7. The van der Waals surface area contributed by atoms with Crippen LogP contribution in [0.1, 0.15) is 19.8 Å². The summed E-state index contributed by atoms with van der Waals surface area (Å²) in [7, 11) is 0. The quantitative estimate of drug-likeness (QED) is 0.673. The van der Waals surface area contributed by atoms with Crippen molar-refractivity contribution >= 4 is 17.3 Å². The number of unbranched alkanes of at least 4 members (excludes halogenated alkanes) is 1. The van der Waals surface area contributed by atoms with Crippen LogP contribution in [0.25, 0.3) is 0 Å². The minimum absolute atomic E-state index is 0.0213. The van der Waals surface area contributed by atoms with Gasteiger partial charge in [-0.2, -0.15) is 5.10 Å². The zero-order valence-corrected chi connectivity index (χ0v) is 11.0. The average Bonchev–Trinajstić information content (AvgIpc) is 2.39. The number of halogens is 1. The lowest BCUT2D eigenvalue weighted by Crippen LogP contribution is -2.30. The first-order valence-corrected chi connectivity index (χ1v) is 6.25. The number of nitrogens with one attached hydrogen (secondary N) is 1. The molecule has 0 bridgehead atoms. The Labute approximate surface area is 110 Å². The molecule has 0 unspecified atom stereocenters. The molecule has 0 spiro atoms. The Balaban J connectivity index is 2.90. The van der Waals surface area contributed by atoms with Crippen molar-refractivity contribution in [1.82, 2.24) is 9.78 Å². The molecule has 18 heavy (non-hydrogen) atoms. The van der Waals surface area contributed by atoms with Crippen molar-refractivity contribution < 1.29 is 10.2 Å². The van der Waals surface area contributed by atoms with Gasteiger partial charge in [-0.05, 0) is 6.42 Å². The first-order valence-electron chi connectivity index (χ1n) is 5.87. The minimum Gasteiger partial charge on any atom is -0.394 e. The molecule has 0 saturated carbocycles. The van der Waals surface area contributed by atoms with E-state index in [1.807, 2.05) is 6.92 Å². The van der Waals surface area contributed by atoms with Crippen molar-refractivity contribution in [3.05, 3.63) is 21.6 Å². The van der Waals surface area contributed by atoms with E-state index in [-0.39, 0.29) is 23.8 Å². The van der Waals surface area contributed by atoms with Gasteiger partial charge >= 0.3 is 0 Å². The van der Waals surface area contributed by atoms with Crippen molar-refractivity contribution in [3.63, 3.8) is 0 Å². The van der Waals surface area contributed by atoms with Crippen molar-refractivity contribution in [3.8, 4) is 0 Å². The van der Waals surface area contributed by atoms with Crippen LogP contribution in [0.2, 0.25) is 5.02 Å². The standard InChI is InChI=1S/C11H18ClN3O3/c1-2-3-4-15-11(18)10(12)9(5-13-15)14-8(6-16)7-17/h5,8,14,16-17H,2-4,6-7H2,1H3. The summed E-state index contributed by atoms with van der Waals surface area (Å²) in [6.45, 7) is 2.03. The predicted molar refractivity (Wildman–Crippen MR) is 70.0 cm³/mol. The second-order valence-corrected chi connectivity index (χ2v) is 4.34. The fourth-order valence-electron chi connectivity index (χ4n) is 1.40. The zero-order valence-electron chi connectivity index (χ0n) is 10.3. The summed E-state index contributed by atoms with van der Waals surface area (Å²) in [4.78, 5) is 11.9. The number of aliphatic hydroxyl groups excluding tert-OH is 2. The highest BCUT2D eigenvalue weighted by atomic mass is 35.5. The number of aromatic nitrogens is 2. The lowest BCUT2D eigenvalue weighted by Gasteiger charge is -2.15. The van der Waals surface area contributed by atoms with E-state index in [0.29, 0.717) is 12.2 Å². The second kappa shape index (κ2) is 7.35. The Morgan fingerprint density at radius 2 is 2.17 bits per heavy atom. The molecule has 0 aliphatic rings. The highest BCUT2D eigenvalue weighted by Crippen LogP contribution is 2.16. The van der Waals surface area contributed by atoms with Crippen LogP contribution in [0.15, 0.2) is 11.0 Å². The monoisotopic (exact) mass is 275 g/mol. The van der Waals surface area contributed by atoms with E-state index in [2.05, 4.69) is 10.4 Å². The molecule has 102 valence electrons. The first-order chi connectivity index (χ1) is 8.63. The van der Waals surface area contributed by atoms with Crippen LogP contribution < -0.4 is 10.9 Å². The molecule has 0 aliphatic carbocycles. The molecule has 7 heteroatoms. The van der Waals surface area contributed by atoms with Crippen LogP contribution in [0, 0.1) is 0 Å². The maximum Gasteiger partial charge on any atom is 0.287 e. The maximum atomic E-state index is 11.9. The summed E-state index contributed by atoms with van der Waals surface area (Å²) in [5.74, 6) is 0. The molecule has 1 aromatic rings. The number of anilines is 1. The number of aliphatic hydroxyl groups is 2. The maximum absolute atomic E-state index is 11.9. The summed E-state index contributed by atoms with van der Waals surface area (Å²) >= 11 is 5.94. The van der Waals surface area contributed by atoms with E-state index >= 15 is 0 Å². The lowest BCUT2D eigenvalue weighted by molar-refractivity contribution is 0.204. The Kier molecular flexibility index (Phi) is 6.11. The number of rotatable bonds is 7. The molecule has 6 nitrogen and oxygen atoms in total. The lowest BCUT2D eigenvalue weighted by atomic mass is 10.3. The minimum atomic E-state index is -0.560. The smallest absolute Gasteiger partial charge is 0.287 e. The molecule has 3 N–H and O–H groups in total. The molecular weight excluding hydrogens is 258 g/mol. The van der Waals surface area contributed by atoms with E-state index in [9.17, 15) is 4.79 Å². The number of hydrogen-bond donors (Lipinski definition) is 3. The van der Waals surface area contributed by atoms with Gasteiger partial charge < -0.3 is 15.5 Å². The fourth-order valence-corrected chi connectivity index (χ4v) is 1.60. The molecule has 0 aromatic carbocycles. The fraction of sp³-hybridized carbons (Fsp3) is 0.636. The molecule has 0 fully saturated rings. The van der Waals surface area contributed by atoms with E-state index in [4.69, 9.17) is 21.8 Å². The average molecular weight is 276 g/mol. The summed E-state index contributed by atoms with van der Waals surface area (Å²) < 4.78 is 1.31. The Bertz CT molecular complexity index is 432. The third-order valence-corrected chi connectivity index (χ3v) is 2.87. The van der Waals surface area contributed by atoms with Gasteiger partial charge in [-0.1, -0.05) is 24.9 Å². The highest BCUT2D eigenvalue weighted by molar-refractivity contribution is 6.32. The third-order valence-electron chi connectivity index (χ3n) is 2.51. The molecule has 0 aliphatic heterocycles. The van der Waals surface area contributed by atoms with Crippen molar-refractivity contribution in [1.29, 1.82) is 0 Å². The van der Waals surface area contributed by atoms with Gasteiger partial charge in [-0.15, -0.1) is 0 Å². The summed E-state index contributed by atoms with van der Waals surface area (Å²) in [5.41, 5.74) is -0.0488. The molecular formula is C11H18ClN3O3. The number of nitrogens with zero attached hydrogens (tertiary/aromatic N) is 2. The van der Waals surface area contributed by atoms with Gasteiger partial charge in [-0.3, -0.25) is 4.79 Å². The van der Waals surface area contributed by atoms with Crippen LogP contribution >= 0.6 is 11.6 Å². The van der Waals surface area contributed by atoms with E-state index < -0.39 is 6.04 Å². The zero-order chi connectivity index (χ0) is 13.5. The predicted octanol–water partition coefficient (Wildman–Crippen LogP) is 0.462. The molecule has 1 rings (SSSR count). The van der Waals surface area contributed by atoms with Crippen molar-refractivity contribution in [2.75, 3.05) is 18.5 Å². The second-order valence-electron chi connectivity index (χ2n) is 3.96. The molecule has 1 aromatic heterocycles. The Hall–Kier alpha value is -1.11. The van der Waals surface area contributed by atoms with Crippen LogP contribution in [-0.2, 0) is 6.54 Å². The van der Waals surface area contributed by atoms with Crippen molar-refractivity contribution in [2.45, 2.75) is 32.4 Å². The van der Waals surface area contributed by atoms with Gasteiger partial charge in [0.2, 0.25) is 0 Å². The van der Waals surface area contributed by atoms with Crippen molar-refractivity contribution in [2.24, 2.45) is 0 Å². The summed E-state index contributed by atoms with van der Waals surface area (Å²) in [6, 6.07) is -0.560. The van der Waals surface area contributed by atoms with Gasteiger partial charge in [0, 0.05) is 6.54 Å². The van der Waals surface area contributed by atoms with Gasteiger partial charge in [0.1, 0.15) is 5.02 Å².